The molecule has 0 unspecified atom stereocenters. The largest absolute Gasteiger partial charge is 0.395 e. The van der Waals surface area contributed by atoms with Crippen LogP contribution in [0.5, 0.6) is 0 Å². The average Bonchev–Trinajstić information content (AvgIpc) is 2.34. The number of aryl methyl sites for hydroxylation is 1. The highest BCUT2D eigenvalue weighted by molar-refractivity contribution is 6.30. The quantitative estimate of drug-likeness (QED) is 0.677. The number of hydrogen-bond donors (Lipinski definition) is 3. The van der Waals surface area contributed by atoms with Gasteiger partial charge in [0, 0.05) is 18.1 Å². The van der Waals surface area contributed by atoms with E-state index in [9.17, 15) is 4.79 Å². The Hall–Kier alpha value is -1.26. The first kappa shape index (κ1) is 13.8. The molecule has 0 radical (unpaired) electrons. The summed E-state index contributed by atoms with van der Waals surface area (Å²) < 4.78 is 0. The molecule has 0 saturated carbocycles. The molecule has 94 valence electrons. The SMILES string of the molecule is O=C(NCCO)NCCCc1ccc(Cl)cc1. The number of aliphatic hydroxyl groups excluding tert-OH is 1. The number of carbonyl (C=O) groups is 1. The number of amides is 2. The second kappa shape index (κ2) is 7.92. The molecule has 5 heteroatoms. The van der Waals surface area contributed by atoms with Crippen LogP contribution < -0.4 is 10.6 Å². The molecule has 3 N–H and O–H groups in total. The molecule has 0 bridgehead atoms. The summed E-state index contributed by atoms with van der Waals surface area (Å²) in [5, 5.41) is 14.5. The Kier molecular flexibility index (Phi) is 6.43. The molecule has 0 aromatic heterocycles. The van der Waals surface area contributed by atoms with E-state index in [1.807, 2.05) is 24.3 Å². The zero-order chi connectivity index (χ0) is 12.5. The lowest BCUT2D eigenvalue weighted by Gasteiger charge is -2.06. The van der Waals surface area contributed by atoms with Crippen LogP contribution in [0.15, 0.2) is 24.3 Å². The van der Waals surface area contributed by atoms with E-state index < -0.39 is 0 Å². The van der Waals surface area contributed by atoms with Gasteiger partial charge in [0.05, 0.1) is 6.61 Å². The van der Waals surface area contributed by atoms with E-state index in [4.69, 9.17) is 16.7 Å². The molecular weight excluding hydrogens is 240 g/mol. The smallest absolute Gasteiger partial charge is 0.314 e. The standard InChI is InChI=1S/C12H17ClN2O2/c13-11-5-3-10(4-6-11)2-1-7-14-12(17)15-8-9-16/h3-6,16H,1-2,7-9H2,(H2,14,15,17). The van der Waals surface area contributed by atoms with Crippen molar-refractivity contribution < 1.29 is 9.90 Å². The number of benzene rings is 1. The summed E-state index contributed by atoms with van der Waals surface area (Å²) >= 11 is 5.78. The molecule has 1 aromatic carbocycles. The third-order valence-electron chi connectivity index (χ3n) is 2.24. The minimum absolute atomic E-state index is 0.0435. The van der Waals surface area contributed by atoms with Gasteiger partial charge in [-0.25, -0.2) is 4.79 Å². The molecule has 17 heavy (non-hydrogen) atoms. The maximum atomic E-state index is 11.1. The molecule has 0 aliphatic rings. The zero-order valence-corrected chi connectivity index (χ0v) is 10.3. The van der Waals surface area contributed by atoms with Crippen molar-refractivity contribution in [2.24, 2.45) is 0 Å². The van der Waals surface area contributed by atoms with E-state index in [-0.39, 0.29) is 19.2 Å². The molecule has 1 aromatic rings. The molecule has 0 aliphatic heterocycles. The third kappa shape index (κ3) is 6.14. The first-order valence-corrected chi connectivity index (χ1v) is 5.97. The summed E-state index contributed by atoms with van der Waals surface area (Å²) in [5.41, 5.74) is 1.20. The van der Waals surface area contributed by atoms with Crippen LogP contribution in [0.3, 0.4) is 0 Å². The van der Waals surface area contributed by atoms with Gasteiger partial charge in [-0.3, -0.25) is 0 Å². The van der Waals surface area contributed by atoms with Gasteiger partial charge < -0.3 is 15.7 Å². The van der Waals surface area contributed by atoms with Crippen molar-refractivity contribution in [2.75, 3.05) is 19.7 Å². The first-order valence-electron chi connectivity index (χ1n) is 5.59. The van der Waals surface area contributed by atoms with Crippen LogP contribution in [-0.4, -0.2) is 30.8 Å². The second-order valence-corrected chi connectivity index (χ2v) is 4.07. The van der Waals surface area contributed by atoms with E-state index in [2.05, 4.69) is 10.6 Å². The third-order valence-corrected chi connectivity index (χ3v) is 2.49. The molecule has 4 nitrogen and oxygen atoms in total. The summed E-state index contributed by atoms with van der Waals surface area (Å²) in [4.78, 5) is 11.1. The normalized spacial score (nSPS) is 10.0. The summed E-state index contributed by atoms with van der Waals surface area (Å²) in [7, 11) is 0. The summed E-state index contributed by atoms with van der Waals surface area (Å²) in [6, 6.07) is 7.44. The monoisotopic (exact) mass is 256 g/mol. The van der Waals surface area contributed by atoms with Crippen molar-refractivity contribution in [1.82, 2.24) is 10.6 Å². The van der Waals surface area contributed by atoms with Crippen LogP contribution in [0.2, 0.25) is 5.02 Å². The molecule has 0 saturated heterocycles. The van der Waals surface area contributed by atoms with Crippen LogP contribution >= 0.6 is 11.6 Å². The Labute approximate surface area is 106 Å². The predicted octanol–water partition coefficient (Wildman–Crippen LogP) is 1.56. The first-order chi connectivity index (χ1) is 8.22. The maximum absolute atomic E-state index is 11.1. The van der Waals surface area contributed by atoms with Gasteiger partial charge in [-0.15, -0.1) is 0 Å². The highest BCUT2D eigenvalue weighted by Crippen LogP contribution is 2.10. The summed E-state index contributed by atoms with van der Waals surface area (Å²) in [5.74, 6) is 0. The number of urea groups is 1. The van der Waals surface area contributed by atoms with E-state index >= 15 is 0 Å². The van der Waals surface area contributed by atoms with Gasteiger partial charge in [0.15, 0.2) is 0 Å². The van der Waals surface area contributed by atoms with Gasteiger partial charge in [-0.1, -0.05) is 23.7 Å². The van der Waals surface area contributed by atoms with E-state index in [0.717, 1.165) is 17.9 Å². The molecule has 0 atom stereocenters. The van der Waals surface area contributed by atoms with E-state index in [0.29, 0.717) is 6.54 Å². The van der Waals surface area contributed by atoms with Crippen LogP contribution in [0.25, 0.3) is 0 Å². The van der Waals surface area contributed by atoms with E-state index in [1.165, 1.54) is 5.56 Å². The molecule has 2 amide bonds. The Morgan fingerprint density at radius 1 is 1.18 bits per heavy atom. The number of halogens is 1. The Balaban J connectivity index is 2.11. The van der Waals surface area contributed by atoms with Gasteiger partial charge in [0.1, 0.15) is 0 Å². The molecular formula is C12H17ClN2O2. The minimum atomic E-state index is -0.241. The highest BCUT2D eigenvalue weighted by atomic mass is 35.5. The van der Waals surface area contributed by atoms with Crippen molar-refractivity contribution >= 4 is 17.6 Å². The fourth-order valence-electron chi connectivity index (χ4n) is 1.38. The van der Waals surface area contributed by atoms with Gasteiger partial charge in [0.25, 0.3) is 0 Å². The topological polar surface area (TPSA) is 61.4 Å². The number of aliphatic hydroxyl groups is 1. The molecule has 0 fully saturated rings. The number of rotatable bonds is 6. The fourth-order valence-corrected chi connectivity index (χ4v) is 1.50. The summed E-state index contributed by atoms with van der Waals surface area (Å²) in [6.45, 7) is 0.848. The minimum Gasteiger partial charge on any atom is -0.395 e. The maximum Gasteiger partial charge on any atom is 0.314 e. The molecule has 0 spiro atoms. The Morgan fingerprint density at radius 3 is 2.47 bits per heavy atom. The van der Waals surface area contributed by atoms with E-state index in [1.54, 1.807) is 0 Å². The summed E-state index contributed by atoms with van der Waals surface area (Å²) in [6.07, 6.45) is 1.77. The lowest BCUT2D eigenvalue weighted by molar-refractivity contribution is 0.234. The van der Waals surface area contributed by atoms with Gasteiger partial charge >= 0.3 is 6.03 Å². The lowest BCUT2D eigenvalue weighted by Crippen LogP contribution is -2.37. The average molecular weight is 257 g/mol. The van der Waals surface area contributed by atoms with Crippen molar-refractivity contribution in [1.29, 1.82) is 0 Å². The van der Waals surface area contributed by atoms with Crippen molar-refractivity contribution in [3.8, 4) is 0 Å². The van der Waals surface area contributed by atoms with Crippen LogP contribution in [0.1, 0.15) is 12.0 Å². The Bertz CT molecular complexity index is 341. The van der Waals surface area contributed by atoms with Crippen molar-refractivity contribution in [3.05, 3.63) is 34.9 Å². The van der Waals surface area contributed by atoms with Gasteiger partial charge in [-0.05, 0) is 30.5 Å². The number of hydrogen-bond acceptors (Lipinski definition) is 2. The highest BCUT2D eigenvalue weighted by Gasteiger charge is 1.98. The van der Waals surface area contributed by atoms with Crippen LogP contribution in [0, 0.1) is 0 Å². The van der Waals surface area contributed by atoms with Crippen LogP contribution in [-0.2, 0) is 6.42 Å². The van der Waals surface area contributed by atoms with Crippen molar-refractivity contribution in [2.45, 2.75) is 12.8 Å². The van der Waals surface area contributed by atoms with Crippen LogP contribution in [0.4, 0.5) is 4.79 Å². The van der Waals surface area contributed by atoms with Gasteiger partial charge in [0.2, 0.25) is 0 Å². The lowest BCUT2D eigenvalue weighted by atomic mass is 10.1. The predicted molar refractivity (Wildman–Crippen MR) is 68.3 cm³/mol. The zero-order valence-electron chi connectivity index (χ0n) is 9.58. The number of carbonyl (C=O) groups excluding carboxylic acids is 1. The molecule has 0 heterocycles. The second-order valence-electron chi connectivity index (χ2n) is 3.64. The Morgan fingerprint density at radius 2 is 1.82 bits per heavy atom. The van der Waals surface area contributed by atoms with Crippen molar-refractivity contribution in [3.63, 3.8) is 0 Å². The molecule has 1 rings (SSSR count). The van der Waals surface area contributed by atoms with Gasteiger partial charge in [-0.2, -0.15) is 0 Å². The fraction of sp³-hybridized carbons (Fsp3) is 0.417. The number of nitrogens with one attached hydrogen (secondary N) is 2. The molecule has 0 aliphatic carbocycles.